The first-order chi connectivity index (χ1) is 9.85. The number of carbonyl (C=O) groups is 2. The Labute approximate surface area is 130 Å². The second-order valence-electron chi connectivity index (χ2n) is 5.64. The fourth-order valence-corrected chi connectivity index (χ4v) is 3.32. The summed E-state index contributed by atoms with van der Waals surface area (Å²) in [7, 11) is 0. The Kier molecular flexibility index (Phi) is 4.66. The number of carbonyl (C=O) groups excluding carboxylic acids is 1. The van der Waals surface area contributed by atoms with Crippen LogP contribution in [0.2, 0.25) is 0 Å². The van der Waals surface area contributed by atoms with Gasteiger partial charge in [0.05, 0.1) is 10.0 Å². The van der Waals surface area contributed by atoms with Gasteiger partial charge in [-0.05, 0) is 46.8 Å². The van der Waals surface area contributed by atoms with Crippen LogP contribution in [0.4, 0.5) is 4.39 Å². The summed E-state index contributed by atoms with van der Waals surface area (Å²) in [5.74, 6) is -1.93. The van der Waals surface area contributed by atoms with E-state index in [0.717, 1.165) is 12.8 Å². The molecule has 0 aromatic heterocycles. The highest BCUT2D eigenvalue weighted by molar-refractivity contribution is 9.10. The lowest BCUT2D eigenvalue weighted by molar-refractivity contribution is -0.146. The Morgan fingerprint density at radius 1 is 1.48 bits per heavy atom. The molecule has 1 aromatic carbocycles. The second-order valence-corrected chi connectivity index (χ2v) is 6.44. The maximum absolute atomic E-state index is 13.5. The van der Waals surface area contributed by atoms with E-state index in [1.54, 1.807) is 0 Å². The van der Waals surface area contributed by atoms with Crippen molar-refractivity contribution in [2.45, 2.75) is 38.1 Å². The van der Waals surface area contributed by atoms with Crippen molar-refractivity contribution in [3.05, 3.63) is 34.1 Å². The normalized spacial score (nSPS) is 25.4. The topological polar surface area (TPSA) is 66.4 Å². The average Bonchev–Trinajstić information content (AvgIpc) is 2.41. The molecule has 114 valence electrons. The lowest BCUT2D eigenvalue weighted by atomic mass is 9.76. The van der Waals surface area contributed by atoms with Crippen molar-refractivity contribution in [1.82, 2.24) is 5.32 Å². The lowest BCUT2D eigenvalue weighted by Crippen LogP contribution is -2.56. The molecule has 0 radical (unpaired) electrons. The van der Waals surface area contributed by atoms with Crippen molar-refractivity contribution < 1.29 is 19.1 Å². The number of aliphatic carboxylic acids is 1. The first-order valence-electron chi connectivity index (χ1n) is 6.85. The van der Waals surface area contributed by atoms with Crippen molar-refractivity contribution >= 4 is 27.8 Å². The summed E-state index contributed by atoms with van der Waals surface area (Å²) in [6.07, 6.45) is 2.49. The third-order valence-corrected chi connectivity index (χ3v) is 4.76. The number of hydrogen-bond donors (Lipinski definition) is 2. The number of amides is 1. The van der Waals surface area contributed by atoms with Crippen LogP contribution < -0.4 is 5.32 Å². The summed E-state index contributed by atoms with van der Waals surface area (Å²) in [5.41, 5.74) is -1.16. The molecule has 1 aromatic rings. The van der Waals surface area contributed by atoms with Crippen molar-refractivity contribution in [3.8, 4) is 0 Å². The molecular formula is C15H17BrFNO3. The van der Waals surface area contributed by atoms with E-state index in [1.807, 2.05) is 6.92 Å². The molecule has 2 rings (SSSR count). The fraction of sp³-hybridized carbons (Fsp3) is 0.467. The summed E-state index contributed by atoms with van der Waals surface area (Å²) in [6.45, 7) is 1.97. The van der Waals surface area contributed by atoms with Crippen LogP contribution in [0.5, 0.6) is 0 Å². The van der Waals surface area contributed by atoms with Crippen LogP contribution in [0.3, 0.4) is 0 Å². The van der Waals surface area contributed by atoms with Gasteiger partial charge in [0, 0.05) is 0 Å². The van der Waals surface area contributed by atoms with Crippen LogP contribution in [0, 0.1) is 11.7 Å². The standard InChI is InChI=1S/C15H17BrFNO3/c1-9-4-3-7-15(8-9,14(20)21)18-13(19)10-5-2-6-11(17)12(10)16/h2,5-6,9H,3-4,7-8H2,1H3,(H,18,19)(H,20,21). The van der Waals surface area contributed by atoms with E-state index in [1.165, 1.54) is 18.2 Å². The van der Waals surface area contributed by atoms with Gasteiger partial charge in [0.2, 0.25) is 0 Å². The zero-order chi connectivity index (χ0) is 15.6. The predicted molar refractivity (Wildman–Crippen MR) is 79.6 cm³/mol. The van der Waals surface area contributed by atoms with Crippen LogP contribution in [0.25, 0.3) is 0 Å². The lowest BCUT2D eigenvalue weighted by Gasteiger charge is -2.37. The minimum Gasteiger partial charge on any atom is -0.480 e. The van der Waals surface area contributed by atoms with Crippen LogP contribution in [0.15, 0.2) is 22.7 Å². The van der Waals surface area contributed by atoms with Gasteiger partial charge in [-0.25, -0.2) is 9.18 Å². The van der Waals surface area contributed by atoms with E-state index in [9.17, 15) is 19.1 Å². The SMILES string of the molecule is CC1CCCC(NC(=O)c2cccc(F)c2Br)(C(=O)O)C1. The first kappa shape index (κ1) is 15.9. The summed E-state index contributed by atoms with van der Waals surface area (Å²) in [4.78, 5) is 24.0. The van der Waals surface area contributed by atoms with E-state index in [2.05, 4.69) is 21.2 Å². The highest BCUT2D eigenvalue weighted by atomic mass is 79.9. The second kappa shape index (κ2) is 6.13. The molecule has 2 unspecified atom stereocenters. The molecule has 1 fully saturated rings. The molecule has 0 saturated heterocycles. The Bertz CT molecular complexity index is 578. The largest absolute Gasteiger partial charge is 0.480 e. The molecule has 0 heterocycles. The fourth-order valence-electron chi connectivity index (χ4n) is 2.88. The van der Waals surface area contributed by atoms with Crippen molar-refractivity contribution in [2.24, 2.45) is 5.92 Å². The Morgan fingerprint density at radius 2 is 2.19 bits per heavy atom. The zero-order valence-electron chi connectivity index (χ0n) is 11.7. The van der Waals surface area contributed by atoms with Gasteiger partial charge >= 0.3 is 5.97 Å². The molecule has 0 bridgehead atoms. The van der Waals surface area contributed by atoms with Gasteiger partial charge in [-0.2, -0.15) is 0 Å². The van der Waals surface area contributed by atoms with E-state index < -0.39 is 23.2 Å². The van der Waals surface area contributed by atoms with Gasteiger partial charge in [-0.3, -0.25) is 4.79 Å². The first-order valence-corrected chi connectivity index (χ1v) is 7.65. The minimum atomic E-state index is -1.26. The van der Waals surface area contributed by atoms with E-state index >= 15 is 0 Å². The summed E-state index contributed by atoms with van der Waals surface area (Å²) in [5, 5.41) is 12.1. The average molecular weight is 358 g/mol. The highest BCUT2D eigenvalue weighted by Crippen LogP contribution is 2.33. The summed E-state index contributed by atoms with van der Waals surface area (Å²) in [6, 6.07) is 4.12. The van der Waals surface area contributed by atoms with E-state index in [0.29, 0.717) is 12.8 Å². The third-order valence-electron chi connectivity index (χ3n) is 3.96. The van der Waals surface area contributed by atoms with Crippen molar-refractivity contribution in [1.29, 1.82) is 0 Å². The Balaban J connectivity index is 2.27. The highest BCUT2D eigenvalue weighted by Gasteiger charge is 2.43. The molecule has 21 heavy (non-hydrogen) atoms. The van der Waals surface area contributed by atoms with Crippen LogP contribution in [0.1, 0.15) is 43.0 Å². The number of nitrogens with one attached hydrogen (secondary N) is 1. The monoisotopic (exact) mass is 357 g/mol. The summed E-state index contributed by atoms with van der Waals surface area (Å²) >= 11 is 3.03. The number of carboxylic acid groups (broad SMARTS) is 1. The van der Waals surface area contributed by atoms with Crippen LogP contribution >= 0.6 is 15.9 Å². The van der Waals surface area contributed by atoms with Gasteiger partial charge in [-0.15, -0.1) is 0 Å². The maximum Gasteiger partial charge on any atom is 0.329 e. The van der Waals surface area contributed by atoms with Crippen LogP contribution in [-0.4, -0.2) is 22.5 Å². The molecule has 1 saturated carbocycles. The van der Waals surface area contributed by atoms with Crippen LogP contribution in [-0.2, 0) is 4.79 Å². The number of rotatable bonds is 3. The van der Waals surface area contributed by atoms with Crippen molar-refractivity contribution in [3.63, 3.8) is 0 Å². The third kappa shape index (κ3) is 3.26. The van der Waals surface area contributed by atoms with E-state index in [4.69, 9.17) is 0 Å². The smallest absolute Gasteiger partial charge is 0.329 e. The van der Waals surface area contributed by atoms with Gasteiger partial charge in [-0.1, -0.05) is 25.8 Å². The van der Waals surface area contributed by atoms with Gasteiger partial charge in [0.15, 0.2) is 0 Å². The maximum atomic E-state index is 13.5. The summed E-state index contributed by atoms with van der Waals surface area (Å²) < 4.78 is 13.5. The number of hydrogen-bond acceptors (Lipinski definition) is 2. The number of carboxylic acids is 1. The number of benzene rings is 1. The molecular weight excluding hydrogens is 341 g/mol. The predicted octanol–water partition coefficient (Wildman–Crippen LogP) is 3.35. The molecule has 0 aliphatic heterocycles. The molecule has 4 nitrogen and oxygen atoms in total. The Morgan fingerprint density at radius 3 is 2.81 bits per heavy atom. The molecule has 6 heteroatoms. The minimum absolute atomic E-state index is 0.0481. The van der Waals surface area contributed by atoms with Gasteiger partial charge < -0.3 is 10.4 Å². The molecule has 1 aliphatic rings. The van der Waals surface area contributed by atoms with Gasteiger partial charge in [0.1, 0.15) is 11.4 Å². The molecule has 2 atom stereocenters. The Hall–Kier alpha value is -1.43. The molecule has 2 N–H and O–H groups in total. The quantitative estimate of drug-likeness (QED) is 0.871. The molecule has 1 amide bonds. The number of halogens is 2. The molecule has 0 spiro atoms. The molecule has 1 aliphatic carbocycles. The zero-order valence-corrected chi connectivity index (χ0v) is 13.2. The van der Waals surface area contributed by atoms with Crippen molar-refractivity contribution in [2.75, 3.05) is 0 Å². The van der Waals surface area contributed by atoms with Gasteiger partial charge in [0.25, 0.3) is 5.91 Å². The van der Waals surface area contributed by atoms with E-state index in [-0.39, 0.29) is 16.0 Å².